The molecule has 0 aliphatic carbocycles. The Balaban J connectivity index is 3.06. The number of likely N-dealkylation sites (N-methyl/N-ethyl adjacent to an activating group) is 1. The van der Waals surface area contributed by atoms with Gasteiger partial charge in [-0.15, -0.1) is 0 Å². The number of thiocarbonyl (C=S) groups is 1. The molecule has 0 atom stereocenters. The molecule has 1 rings (SSSR count). The SMILES string of the molecule is CNC(=O)/C(=C/c1ccccc1OCC(=O)O)SC=S. The van der Waals surface area contributed by atoms with Gasteiger partial charge in [-0.1, -0.05) is 42.2 Å². The van der Waals surface area contributed by atoms with E-state index < -0.39 is 12.6 Å². The minimum Gasteiger partial charge on any atom is -0.481 e. The third-order valence-electron chi connectivity index (χ3n) is 2.18. The number of carboxylic acids is 1. The number of aliphatic carboxylic acids is 1. The zero-order chi connectivity index (χ0) is 15.0. The topological polar surface area (TPSA) is 75.6 Å². The average molecular weight is 311 g/mol. The number of thioether (sulfide) groups is 1. The van der Waals surface area contributed by atoms with E-state index in [-0.39, 0.29) is 5.91 Å². The highest BCUT2D eigenvalue weighted by molar-refractivity contribution is 8.24. The van der Waals surface area contributed by atoms with Crippen LogP contribution in [0.4, 0.5) is 0 Å². The monoisotopic (exact) mass is 311 g/mol. The Morgan fingerprint density at radius 3 is 2.75 bits per heavy atom. The van der Waals surface area contributed by atoms with Crippen molar-refractivity contribution in [3.63, 3.8) is 0 Å². The Bertz CT molecular complexity index is 543. The van der Waals surface area contributed by atoms with Crippen LogP contribution in [-0.2, 0) is 9.59 Å². The summed E-state index contributed by atoms with van der Waals surface area (Å²) in [4.78, 5) is 22.6. The number of rotatable bonds is 7. The number of nitrogens with one attached hydrogen (secondary N) is 1. The van der Waals surface area contributed by atoms with Crippen molar-refractivity contribution in [2.45, 2.75) is 0 Å². The lowest BCUT2D eigenvalue weighted by atomic mass is 10.2. The highest BCUT2D eigenvalue weighted by atomic mass is 32.2. The summed E-state index contributed by atoms with van der Waals surface area (Å²) in [7, 11) is 1.52. The van der Waals surface area contributed by atoms with Crippen LogP contribution in [0.1, 0.15) is 5.56 Å². The molecule has 7 heteroatoms. The third kappa shape index (κ3) is 5.02. The van der Waals surface area contributed by atoms with Crippen LogP contribution in [0.25, 0.3) is 6.08 Å². The third-order valence-corrected chi connectivity index (χ3v) is 3.12. The molecule has 0 saturated carbocycles. The fourth-order valence-corrected chi connectivity index (χ4v) is 2.16. The predicted octanol–water partition coefficient (Wildman–Crippen LogP) is 1.93. The molecule has 0 aliphatic rings. The molecule has 0 aromatic heterocycles. The first kappa shape index (κ1) is 16.2. The number of carbonyl (C=O) groups is 2. The number of hydrogen-bond acceptors (Lipinski definition) is 5. The lowest BCUT2D eigenvalue weighted by Crippen LogP contribution is -2.18. The first-order chi connectivity index (χ1) is 9.58. The first-order valence-electron chi connectivity index (χ1n) is 5.56. The normalized spacial score (nSPS) is 10.8. The molecule has 0 unspecified atom stereocenters. The summed E-state index contributed by atoms with van der Waals surface area (Å²) in [6, 6.07) is 6.85. The standard InChI is InChI=1S/C13H13NO4S2/c1-14-13(17)11(20-8-19)6-9-4-2-3-5-10(9)18-7-12(15)16/h2-6,8H,7H2,1H3,(H,14,17)(H,15,16)/b11-6-. The second-order valence-corrected chi connectivity index (χ2v) is 4.97. The molecule has 106 valence electrons. The van der Waals surface area contributed by atoms with Gasteiger partial charge in [-0.2, -0.15) is 0 Å². The molecule has 2 N–H and O–H groups in total. The van der Waals surface area contributed by atoms with Crippen LogP contribution < -0.4 is 10.1 Å². The average Bonchev–Trinajstić information content (AvgIpc) is 2.44. The van der Waals surface area contributed by atoms with Gasteiger partial charge in [0.1, 0.15) is 5.75 Å². The second kappa shape index (κ2) is 8.34. The largest absolute Gasteiger partial charge is 0.481 e. The summed E-state index contributed by atoms with van der Waals surface area (Å²) >= 11 is 5.84. The van der Waals surface area contributed by atoms with E-state index >= 15 is 0 Å². The van der Waals surface area contributed by atoms with E-state index in [9.17, 15) is 9.59 Å². The molecule has 20 heavy (non-hydrogen) atoms. The Kier molecular flexibility index (Phi) is 6.75. The minimum atomic E-state index is -1.07. The van der Waals surface area contributed by atoms with Crippen molar-refractivity contribution in [1.29, 1.82) is 0 Å². The van der Waals surface area contributed by atoms with Gasteiger partial charge in [0.25, 0.3) is 5.91 Å². The van der Waals surface area contributed by atoms with Crippen LogP contribution >= 0.6 is 24.0 Å². The number of para-hydroxylation sites is 1. The van der Waals surface area contributed by atoms with Crippen molar-refractivity contribution in [3.8, 4) is 5.75 Å². The molecule has 0 bridgehead atoms. The summed E-state index contributed by atoms with van der Waals surface area (Å²) in [5.41, 5.74) is 0.608. The van der Waals surface area contributed by atoms with Gasteiger partial charge in [0.05, 0.1) is 4.91 Å². The Morgan fingerprint density at radius 2 is 2.15 bits per heavy atom. The summed E-state index contributed by atoms with van der Waals surface area (Å²) in [5.74, 6) is -0.950. The van der Waals surface area contributed by atoms with Crippen molar-refractivity contribution in [2.75, 3.05) is 13.7 Å². The lowest BCUT2D eigenvalue weighted by Gasteiger charge is -2.08. The zero-order valence-electron chi connectivity index (χ0n) is 10.7. The lowest BCUT2D eigenvalue weighted by molar-refractivity contribution is -0.139. The number of carbonyl (C=O) groups excluding carboxylic acids is 1. The van der Waals surface area contributed by atoms with E-state index in [1.54, 1.807) is 30.3 Å². The maximum absolute atomic E-state index is 11.7. The van der Waals surface area contributed by atoms with Gasteiger partial charge in [-0.25, -0.2) is 4.79 Å². The van der Waals surface area contributed by atoms with Gasteiger partial charge in [-0.3, -0.25) is 4.79 Å². The molecule has 0 fully saturated rings. The maximum Gasteiger partial charge on any atom is 0.341 e. The number of carboxylic acid groups (broad SMARTS) is 1. The number of ether oxygens (including phenoxy) is 1. The Labute approximate surface area is 126 Å². The van der Waals surface area contributed by atoms with E-state index in [1.165, 1.54) is 11.7 Å². The van der Waals surface area contributed by atoms with Crippen molar-refractivity contribution < 1.29 is 19.4 Å². The van der Waals surface area contributed by atoms with Crippen LogP contribution in [0.3, 0.4) is 0 Å². The molecule has 0 spiro atoms. The molecular weight excluding hydrogens is 298 g/mol. The van der Waals surface area contributed by atoms with Crippen molar-refractivity contribution in [3.05, 3.63) is 34.7 Å². The van der Waals surface area contributed by atoms with E-state index in [0.29, 0.717) is 16.2 Å². The molecule has 0 radical (unpaired) electrons. The fourth-order valence-electron chi connectivity index (χ4n) is 1.34. The van der Waals surface area contributed by atoms with Gasteiger partial charge < -0.3 is 15.2 Å². The van der Waals surface area contributed by atoms with Crippen LogP contribution in [-0.4, -0.2) is 35.3 Å². The van der Waals surface area contributed by atoms with Crippen LogP contribution in [0.15, 0.2) is 29.2 Å². The number of benzene rings is 1. The van der Waals surface area contributed by atoms with Crippen LogP contribution in [0, 0.1) is 0 Å². The van der Waals surface area contributed by atoms with Gasteiger partial charge in [-0.05, 0) is 12.1 Å². The maximum atomic E-state index is 11.7. The highest BCUT2D eigenvalue weighted by Gasteiger charge is 2.10. The van der Waals surface area contributed by atoms with Crippen LogP contribution in [0.2, 0.25) is 0 Å². The molecule has 1 aromatic rings. The molecular formula is C13H13NO4S2. The Hall–Kier alpha value is -1.86. The van der Waals surface area contributed by atoms with E-state index in [4.69, 9.17) is 22.1 Å². The molecule has 1 amide bonds. The van der Waals surface area contributed by atoms with Crippen molar-refractivity contribution in [1.82, 2.24) is 5.32 Å². The van der Waals surface area contributed by atoms with Gasteiger partial charge in [0, 0.05) is 17.3 Å². The predicted molar refractivity (Wildman–Crippen MR) is 82.9 cm³/mol. The molecule has 0 heterocycles. The highest BCUT2D eigenvalue weighted by Crippen LogP contribution is 2.24. The van der Waals surface area contributed by atoms with Gasteiger partial charge in [0.15, 0.2) is 6.61 Å². The van der Waals surface area contributed by atoms with E-state index in [1.807, 2.05) is 0 Å². The van der Waals surface area contributed by atoms with E-state index in [2.05, 4.69) is 5.32 Å². The first-order valence-corrected chi connectivity index (χ1v) is 6.91. The summed E-state index contributed by atoms with van der Waals surface area (Å²) in [6.07, 6.45) is 1.60. The smallest absolute Gasteiger partial charge is 0.341 e. The fraction of sp³-hybridized carbons (Fsp3) is 0.154. The number of amides is 1. The quantitative estimate of drug-likeness (QED) is 0.592. The molecule has 1 aromatic carbocycles. The molecule has 0 aliphatic heterocycles. The van der Waals surface area contributed by atoms with Crippen molar-refractivity contribution in [2.24, 2.45) is 0 Å². The second-order valence-electron chi connectivity index (χ2n) is 3.52. The van der Waals surface area contributed by atoms with E-state index in [0.717, 1.165) is 11.8 Å². The van der Waals surface area contributed by atoms with Gasteiger partial charge >= 0.3 is 5.97 Å². The summed E-state index contributed by atoms with van der Waals surface area (Å²) < 4.78 is 6.55. The van der Waals surface area contributed by atoms with Crippen LogP contribution in [0.5, 0.6) is 5.75 Å². The Morgan fingerprint density at radius 1 is 1.45 bits per heavy atom. The summed E-state index contributed by atoms with van der Waals surface area (Å²) in [6.45, 7) is -0.444. The van der Waals surface area contributed by atoms with Gasteiger partial charge in [0.2, 0.25) is 0 Å². The minimum absolute atomic E-state index is 0.274. The van der Waals surface area contributed by atoms with Crippen molar-refractivity contribution >= 4 is 46.6 Å². The summed E-state index contributed by atoms with van der Waals surface area (Å²) in [5, 5.41) is 11.1. The molecule has 5 nitrogen and oxygen atoms in total. The zero-order valence-corrected chi connectivity index (χ0v) is 12.3. The molecule has 0 saturated heterocycles. The number of hydrogen-bond donors (Lipinski definition) is 2.